The van der Waals surface area contributed by atoms with Gasteiger partial charge in [-0.25, -0.2) is 9.97 Å². The molecule has 0 spiro atoms. The molecule has 1 atom stereocenters. The first-order chi connectivity index (χ1) is 12.7. The van der Waals surface area contributed by atoms with E-state index in [1.54, 1.807) is 14.2 Å². The summed E-state index contributed by atoms with van der Waals surface area (Å²) in [6.07, 6.45) is 9.07. The molecule has 2 fully saturated rings. The Morgan fingerprint density at radius 3 is 2.31 bits per heavy atom. The molecule has 2 aliphatic carbocycles. The Morgan fingerprint density at radius 2 is 1.65 bits per heavy atom. The van der Waals surface area contributed by atoms with Gasteiger partial charge in [-0.3, -0.25) is 0 Å². The van der Waals surface area contributed by atoms with Crippen LogP contribution in [0.25, 0.3) is 10.9 Å². The predicted octanol–water partition coefficient (Wildman–Crippen LogP) is 4.91. The Morgan fingerprint density at radius 1 is 0.962 bits per heavy atom. The topological polar surface area (TPSA) is 56.3 Å². The molecule has 1 aromatic carbocycles. The third-order valence-corrected chi connectivity index (χ3v) is 5.88. The highest BCUT2D eigenvalue weighted by atomic mass is 16.5. The zero-order valence-corrected chi connectivity index (χ0v) is 16.0. The highest BCUT2D eigenvalue weighted by Crippen LogP contribution is 2.41. The molecule has 1 unspecified atom stereocenters. The maximum absolute atomic E-state index is 5.50. The summed E-state index contributed by atoms with van der Waals surface area (Å²) in [5, 5.41) is 4.73. The van der Waals surface area contributed by atoms with Crippen molar-refractivity contribution >= 4 is 16.7 Å². The van der Waals surface area contributed by atoms with Gasteiger partial charge in [0.15, 0.2) is 11.5 Å². The average molecular weight is 355 g/mol. The molecular weight excluding hydrogens is 326 g/mol. The lowest BCUT2D eigenvalue weighted by Gasteiger charge is -2.29. The molecule has 0 saturated heterocycles. The molecule has 26 heavy (non-hydrogen) atoms. The van der Waals surface area contributed by atoms with Gasteiger partial charge in [0.25, 0.3) is 0 Å². The third-order valence-electron chi connectivity index (χ3n) is 5.88. The SMILES string of the molecule is COc1cc2nc(C3CC3)nc(NC(C)C3CCCCC3)c2cc1OC. The molecular formula is C21H29N3O2. The molecule has 1 heterocycles. The van der Waals surface area contributed by atoms with Gasteiger partial charge in [0.2, 0.25) is 0 Å². The van der Waals surface area contributed by atoms with Gasteiger partial charge < -0.3 is 14.8 Å². The number of methoxy groups -OCH3 is 2. The van der Waals surface area contributed by atoms with Crippen molar-refractivity contribution in [3.63, 3.8) is 0 Å². The van der Waals surface area contributed by atoms with E-state index in [9.17, 15) is 0 Å². The Hall–Kier alpha value is -2.04. The summed E-state index contributed by atoms with van der Waals surface area (Å²) in [7, 11) is 3.33. The minimum absolute atomic E-state index is 0.411. The van der Waals surface area contributed by atoms with E-state index in [2.05, 4.69) is 12.2 Å². The maximum Gasteiger partial charge on any atom is 0.162 e. The zero-order valence-electron chi connectivity index (χ0n) is 16.0. The Labute approximate surface area is 155 Å². The molecule has 2 saturated carbocycles. The summed E-state index contributed by atoms with van der Waals surface area (Å²) in [5.41, 5.74) is 0.929. The van der Waals surface area contributed by atoms with E-state index < -0.39 is 0 Å². The van der Waals surface area contributed by atoms with E-state index in [0.29, 0.717) is 17.7 Å². The van der Waals surface area contributed by atoms with Crippen LogP contribution in [0.1, 0.15) is 63.6 Å². The van der Waals surface area contributed by atoms with Crippen LogP contribution in [0.5, 0.6) is 11.5 Å². The number of anilines is 1. The van der Waals surface area contributed by atoms with Crippen LogP contribution >= 0.6 is 0 Å². The molecule has 2 aromatic rings. The van der Waals surface area contributed by atoms with Crippen LogP contribution < -0.4 is 14.8 Å². The van der Waals surface area contributed by atoms with Gasteiger partial charge in [0.05, 0.1) is 19.7 Å². The van der Waals surface area contributed by atoms with Crippen LogP contribution in [-0.2, 0) is 0 Å². The minimum atomic E-state index is 0.411. The molecule has 5 nitrogen and oxygen atoms in total. The highest BCUT2D eigenvalue weighted by molar-refractivity contribution is 5.92. The first kappa shape index (κ1) is 17.4. The Bertz CT molecular complexity index is 782. The van der Waals surface area contributed by atoms with Gasteiger partial charge in [0, 0.05) is 23.4 Å². The number of nitrogens with zero attached hydrogens (tertiary/aromatic N) is 2. The van der Waals surface area contributed by atoms with Gasteiger partial charge in [-0.05, 0) is 44.6 Å². The van der Waals surface area contributed by atoms with E-state index >= 15 is 0 Å². The number of hydrogen-bond donors (Lipinski definition) is 1. The Balaban J connectivity index is 1.72. The first-order valence-corrected chi connectivity index (χ1v) is 9.89. The summed E-state index contributed by atoms with van der Waals surface area (Å²) >= 11 is 0. The summed E-state index contributed by atoms with van der Waals surface area (Å²) < 4.78 is 11.0. The van der Waals surface area contributed by atoms with Crippen molar-refractivity contribution in [3.8, 4) is 11.5 Å². The third kappa shape index (κ3) is 3.44. The number of nitrogens with one attached hydrogen (secondary N) is 1. The van der Waals surface area contributed by atoms with Crippen molar-refractivity contribution < 1.29 is 9.47 Å². The van der Waals surface area contributed by atoms with E-state index in [0.717, 1.165) is 34.2 Å². The lowest BCUT2D eigenvalue weighted by molar-refractivity contribution is 0.328. The second-order valence-corrected chi connectivity index (χ2v) is 7.76. The monoisotopic (exact) mass is 355 g/mol. The van der Waals surface area contributed by atoms with Crippen molar-refractivity contribution in [2.24, 2.45) is 5.92 Å². The number of hydrogen-bond acceptors (Lipinski definition) is 5. The van der Waals surface area contributed by atoms with Crippen molar-refractivity contribution in [2.45, 2.75) is 63.8 Å². The van der Waals surface area contributed by atoms with Crippen molar-refractivity contribution in [1.29, 1.82) is 0 Å². The number of benzene rings is 1. The molecule has 0 bridgehead atoms. The molecule has 5 heteroatoms. The number of fused-ring (bicyclic) bond motifs is 1. The normalized spacial score (nSPS) is 19.3. The number of ether oxygens (including phenoxy) is 2. The number of rotatable bonds is 6. The quantitative estimate of drug-likeness (QED) is 0.798. The van der Waals surface area contributed by atoms with Crippen LogP contribution in [0.2, 0.25) is 0 Å². The lowest BCUT2D eigenvalue weighted by Crippen LogP contribution is -2.28. The fourth-order valence-corrected chi connectivity index (χ4v) is 4.08. The van der Waals surface area contributed by atoms with Crippen LogP contribution in [-0.4, -0.2) is 30.2 Å². The second-order valence-electron chi connectivity index (χ2n) is 7.76. The molecule has 4 rings (SSSR count). The molecule has 2 aliphatic rings. The van der Waals surface area contributed by atoms with Gasteiger partial charge in [0.1, 0.15) is 11.6 Å². The summed E-state index contributed by atoms with van der Waals surface area (Å²) in [6.45, 7) is 2.29. The predicted molar refractivity (Wildman–Crippen MR) is 104 cm³/mol. The van der Waals surface area contributed by atoms with Crippen LogP contribution in [0.15, 0.2) is 12.1 Å². The van der Waals surface area contributed by atoms with Crippen LogP contribution in [0.4, 0.5) is 5.82 Å². The van der Waals surface area contributed by atoms with Crippen LogP contribution in [0.3, 0.4) is 0 Å². The molecule has 1 aromatic heterocycles. The second kappa shape index (κ2) is 7.29. The molecule has 1 N–H and O–H groups in total. The maximum atomic E-state index is 5.50. The van der Waals surface area contributed by atoms with E-state index in [-0.39, 0.29) is 0 Å². The van der Waals surface area contributed by atoms with Crippen molar-refractivity contribution in [2.75, 3.05) is 19.5 Å². The lowest BCUT2D eigenvalue weighted by atomic mass is 9.84. The zero-order chi connectivity index (χ0) is 18.1. The summed E-state index contributed by atoms with van der Waals surface area (Å²) in [5.74, 6) is 4.57. The van der Waals surface area contributed by atoms with Gasteiger partial charge in [-0.15, -0.1) is 0 Å². The van der Waals surface area contributed by atoms with Gasteiger partial charge in [-0.2, -0.15) is 0 Å². The number of aromatic nitrogens is 2. The summed E-state index contributed by atoms with van der Waals surface area (Å²) in [6, 6.07) is 4.38. The summed E-state index contributed by atoms with van der Waals surface area (Å²) in [4.78, 5) is 9.73. The van der Waals surface area contributed by atoms with E-state index in [4.69, 9.17) is 19.4 Å². The standard InChI is InChI=1S/C21H29N3O2/c1-13(14-7-5-4-6-8-14)22-21-16-11-18(25-2)19(26-3)12-17(16)23-20(24-21)15-9-10-15/h11-15H,4-10H2,1-3H3,(H,22,23,24). The van der Waals surface area contributed by atoms with Crippen LogP contribution in [0, 0.1) is 5.92 Å². The van der Waals surface area contributed by atoms with Gasteiger partial charge in [-0.1, -0.05) is 19.3 Å². The fraction of sp³-hybridized carbons (Fsp3) is 0.619. The van der Waals surface area contributed by atoms with E-state index in [1.165, 1.54) is 44.9 Å². The fourth-order valence-electron chi connectivity index (χ4n) is 4.08. The highest BCUT2D eigenvalue weighted by Gasteiger charge is 2.29. The van der Waals surface area contributed by atoms with Gasteiger partial charge >= 0.3 is 0 Å². The molecule has 0 radical (unpaired) electrons. The largest absolute Gasteiger partial charge is 0.493 e. The van der Waals surface area contributed by atoms with Crippen molar-refractivity contribution in [3.05, 3.63) is 18.0 Å². The first-order valence-electron chi connectivity index (χ1n) is 9.89. The molecule has 0 amide bonds. The molecule has 140 valence electrons. The average Bonchev–Trinajstić information content (AvgIpc) is 3.52. The molecule has 0 aliphatic heterocycles. The Kier molecular flexibility index (Phi) is 4.88. The minimum Gasteiger partial charge on any atom is -0.493 e. The smallest absolute Gasteiger partial charge is 0.162 e. The van der Waals surface area contributed by atoms with E-state index in [1.807, 2.05) is 12.1 Å². The van der Waals surface area contributed by atoms with Crippen molar-refractivity contribution in [1.82, 2.24) is 9.97 Å².